The zero-order chi connectivity index (χ0) is 12.1. The maximum Gasteiger partial charge on any atom is 0.240 e. The monoisotopic (exact) mass is 235 g/mol. The molecule has 17 heavy (non-hydrogen) atoms. The first-order valence-electron chi connectivity index (χ1n) is 5.23. The van der Waals surface area contributed by atoms with Crippen LogP contribution in [0, 0.1) is 0 Å². The predicted molar refractivity (Wildman–Crippen MR) is 59.3 cm³/mol. The number of nitrogens with zero attached hydrogens (tertiary/aromatic N) is 4. The molecule has 1 N–H and O–H groups in total. The summed E-state index contributed by atoms with van der Waals surface area (Å²) in [5, 5.41) is 6.94. The summed E-state index contributed by atoms with van der Waals surface area (Å²) in [5.41, 5.74) is 0.573. The smallest absolute Gasteiger partial charge is 0.240 e. The summed E-state index contributed by atoms with van der Waals surface area (Å²) in [6, 6.07) is 1.65. The van der Waals surface area contributed by atoms with Crippen LogP contribution in [0.1, 0.15) is 12.8 Å². The van der Waals surface area contributed by atoms with Gasteiger partial charge in [-0.15, -0.1) is 0 Å². The molecule has 7 heteroatoms. The van der Waals surface area contributed by atoms with Gasteiger partial charge in [0.15, 0.2) is 0 Å². The Hall–Kier alpha value is -2.02. The van der Waals surface area contributed by atoms with Crippen LogP contribution >= 0.6 is 0 Å². The Balaban J connectivity index is 2.18. The normalized spacial score (nSPS) is 10.5. The van der Waals surface area contributed by atoms with E-state index in [1.54, 1.807) is 13.2 Å². The average Bonchev–Trinajstić information content (AvgIpc) is 2.85. The van der Waals surface area contributed by atoms with Gasteiger partial charge in [-0.1, -0.05) is 12.1 Å². The van der Waals surface area contributed by atoms with Crippen molar-refractivity contribution in [3.63, 3.8) is 0 Å². The molecule has 2 aromatic rings. The maximum atomic E-state index is 5.07. The summed E-state index contributed by atoms with van der Waals surface area (Å²) < 4.78 is 10.1. The summed E-state index contributed by atoms with van der Waals surface area (Å²) in [5.74, 6) is 1.42. The molecule has 0 aliphatic rings. The summed E-state index contributed by atoms with van der Waals surface area (Å²) in [6.45, 7) is 3.40. The van der Waals surface area contributed by atoms with Gasteiger partial charge in [0.05, 0.1) is 13.7 Å². The van der Waals surface area contributed by atoms with Crippen molar-refractivity contribution < 1.29 is 9.26 Å². The lowest BCUT2D eigenvalue weighted by Crippen LogP contribution is -2.11. The van der Waals surface area contributed by atoms with Crippen LogP contribution in [0.4, 0.5) is 0 Å². The summed E-state index contributed by atoms with van der Waals surface area (Å²) in [7, 11) is 1.54. The van der Waals surface area contributed by atoms with Gasteiger partial charge in [-0.25, -0.2) is 9.97 Å². The fraction of sp³-hybridized carbons (Fsp3) is 0.400. The highest BCUT2D eigenvalue weighted by atomic mass is 16.5. The number of ether oxygens (including phenoxy) is 1. The molecule has 7 nitrogen and oxygen atoms in total. The van der Waals surface area contributed by atoms with Crippen molar-refractivity contribution in [3.8, 4) is 17.4 Å². The van der Waals surface area contributed by atoms with Crippen LogP contribution in [-0.2, 0) is 6.54 Å². The number of rotatable bonds is 5. The third kappa shape index (κ3) is 2.76. The molecule has 90 valence electrons. The molecule has 2 aromatic heterocycles. The lowest BCUT2D eigenvalue weighted by molar-refractivity contribution is 0.369. The molecule has 0 radical (unpaired) electrons. The number of hydrogen-bond acceptors (Lipinski definition) is 7. The first-order valence-corrected chi connectivity index (χ1v) is 5.23. The molecular weight excluding hydrogens is 222 g/mol. The molecule has 2 rings (SSSR count). The number of nitrogens with one attached hydrogen (secondary N) is 1. The number of methoxy groups -OCH3 is 1. The Kier molecular flexibility index (Phi) is 3.61. The van der Waals surface area contributed by atoms with Crippen LogP contribution in [0.2, 0.25) is 0 Å². The molecule has 2 heterocycles. The second-order valence-corrected chi connectivity index (χ2v) is 3.24. The lowest BCUT2D eigenvalue weighted by Gasteiger charge is -1.97. The maximum absolute atomic E-state index is 5.07. The second-order valence-electron chi connectivity index (χ2n) is 3.24. The molecule has 0 spiro atoms. The topological polar surface area (TPSA) is 86.0 Å². The Morgan fingerprint density at radius 3 is 3.06 bits per heavy atom. The number of hydrogen-bond donors (Lipinski definition) is 1. The molecule has 0 fully saturated rings. The minimum absolute atomic E-state index is 0.429. The lowest BCUT2D eigenvalue weighted by atomic mass is 10.4. The van der Waals surface area contributed by atoms with E-state index < -0.39 is 0 Å². The van der Waals surface area contributed by atoms with Crippen LogP contribution in [0.5, 0.6) is 5.88 Å². The Morgan fingerprint density at radius 1 is 1.41 bits per heavy atom. The van der Waals surface area contributed by atoms with Crippen molar-refractivity contribution in [1.29, 1.82) is 0 Å². The van der Waals surface area contributed by atoms with E-state index in [9.17, 15) is 0 Å². The van der Waals surface area contributed by atoms with E-state index in [-0.39, 0.29) is 0 Å². The molecule has 0 saturated heterocycles. The molecule has 0 aromatic carbocycles. The fourth-order valence-corrected chi connectivity index (χ4v) is 1.24. The van der Waals surface area contributed by atoms with Crippen LogP contribution in [-0.4, -0.2) is 33.8 Å². The first kappa shape index (κ1) is 11.5. The fourth-order valence-electron chi connectivity index (χ4n) is 1.24. The molecule has 0 saturated carbocycles. The zero-order valence-corrected chi connectivity index (χ0v) is 9.67. The van der Waals surface area contributed by atoms with E-state index in [4.69, 9.17) is 9.26 Å². The van der Waals surface area contributed by atoms with E-state index in [1.807, 2.05) is 6.92 Å². The Morgan fingerprint density at radius 2 is 2.29 bits per heavy atom. The quantitative estimate of drug-likeness (QED) is 0.813. The van der Waals surface area contributed by atoms with Crippen molar-refractivity contribution in [2.75, 3.05) is 13.7 Å². The highest BCUT2D eigenvalue weighted by Gasteiger charge is 2.10. The van der Waals surface area contributed by atoms with E-state index in [0.29, 0.717) is 29.8 Å². The standard InChI is InChI=1S/C10H13N5O2/c1-3-11-5-9-14-10(15-17-9)7-4-8(16-2)13-6-12-7/h4,6,11H,3,5H2,1-2H3. The van der Waals surface area contributed by atoms with Gasteiger partial charge in [0.2, 0.25) is 17.6 Å². The van der Waals surface area contributed by atoms with Crippen molar-refractivity contribution in [1.82, 2.24) is 25.4 Å². The highest BCUT2D eigenvalue weighted by molar-refractivity contribution is 5.48. The Labute approximate surface area is 98.2 Å². The van der Waals surface area contributed by atoms with Gasteiger partial charge in [0.25, 0.3) is 0 Å². The molecular formula is C10H13N5O2. The van der Waals surface area contributed by atoms with Gasteiger partial charge in [-0.3, -0.25) is 0 Å². The van der Waals surface area contributed by atoms with Gasteiger partial charge < -0.3 is 14.6 Å². The molecule has 0 atom stereocenters. The van der Waals surface area contributed by atoms with Crippen LogP contribution in [0.25, 0.3) is 11.5 Å². The van der Waals surface area contributed by atoms with Crippen LogP contribution < -0.4 is 10.1 Å². The highest BCUT2D eigenvalue weighted by Crippen LogP contribution is 2.16. The van der Waals surface area contributed by atoms with Gasteiger partial charge in [0.1, 0.15) is 12.0 Å². The van der Waals surface area contributed by atoms with E-state index in [1.165, 1.54) is 6.33 Å². The molecule has 0 bridgehead atoms. The number of aromatic nitrogens is 4. The van der Waals surface area contributed by atoms with Crippen LogP contribution in [0.3, 0.4) is 0 Å². The van der Waals surface area contributed by atoms with Gasteiger partial charge in [0, 0.05) is 6.07 Å². The third-order valence-corrected chi connectivity index (χ3v) is 2.07. The summed E-state index contributed by atoms with van der Waals surface area (Å²) >= 11 is 0. The molecule has 0 aliphatic carbocycles. The molecule has 0 aliphatic heterocycles. The minimum Gasteiger partial charge on any atom is -0.481 e. The summed E-state index contributed by atoms with van der Waals surface area (Å²) in [6.07, 6.45) is 1.40. The van der Waals surface area contributed by atoms with Crippen molar-refractivity contribution in [2.45, 2.75) is 13.5 Å². The van der Waals surface area contributed by atoms with Crippen molar-refractivity contribution in [2.24, 2.45) is 0 Å². The van der Waals surface area contributed by atoms with Gasteiger partial charge >= 0.3 is 0 Å². The van der Waals surface area contributed by atoms with E-state index >= 15 is 0 Å². The predicted octanol–water partition coefficient (Wildman–Crippen LogP) is 0.645. The van der Waals surface area contributed by atoms with E-state index in [0.717, 1.165) is 6.54 Å². The zero-order valence-electron chi connectivity index (χ0n) is 9.67. The van der Waals surface area contributed by atoms with Crippen molar-refractivity contribution in [3.05, 3.63) is 18.3 Å². The summed E-state index contributed by atoms with van der Waals surface area (Å²) in [4.78, 5) is 12.2. The second kappa shape index (κ2) is 5.35. The first-order chi connectivity index (χ1) is 8.33. The SMILES string of the molecule is CCNCc1nc(-c2cc(OC)ncn2)no1. The average molecular weight is 235 g/mol. The largest absolute Gasteiger partial charge is 0.481 e. The molecule has 0 unspecified atom stereocenters. The van der Waals surface area contributed by atoms with Crippen molar-refractivity contribution >= 4 is 0 Å². The van der Waals surface area contributed by atoms with Gasteiger partial charge in [-0.2, -0.15) is 4.98 Å². The van der Waals surface area contributed by atoms with Gasteiger partial charge in [-0.05, 0) is 6.54 Å². The minimum atomic E-state index is 0.429. The Bertz CT molecular complexity index is 485. The third-order valence-electron chi connectivity index (χ3n) is 2.07. The molecule has 0 amide bonds. The van der Waals surface area contributed by atoms with Crippen LogP contribution in [0.15, 0.2) is 16.9 Å². The van der Waals surface area contributed by atoms with E-state index in [2.05, 4.69) is 25.4 Å².